The Bertz CT molecular complexity index is 723. The summed E-state index contributed by atoms with van der Waals surface area (Å²) in [6.45, 7) is 0.415. The zero-order valence-electron chi connectivity index (χ0n) is 12.4. The number of hydrogen-bond acceptors (Lipinski definition) is 3. The van der Waals surface area contributed by atoms with Crippen molar-refractivity contribution in [3.05, 3.63) is 42.0 Å². The molecule has 1 aliphatic rings. The number of terminal acetylenes is 1. The molecule has 0 spiro atoms. The highest BCUT2D eigenvalue weighted by atomic mass is 16.5. The smallest absolute Gasteiger partial charge is 0.309 e. The Hall–Kier alpha value is -2.47. The third-order valence-corrected chi connectivity index (χ3v) is 4.11. The standard InChI is InChI=1S/C19H18O3/c1-2-12-21-18-11-10-14-6-3-4-9-16(14)17(18)13-22-19(20)15-7-5-8-15/h1,3-4,6,9-11,15H,5,7-8,12-13H2. The summed E-state index contributed by atoms with van der Waals surface area (Å²) >= 11 is 0. The van der Waals surface area contributed by atoms with Gasteiger partial charge in [-0.15, -0.1) is 6.42 Å². The van der Waals surface area contributed by atoms with Crippen molar-refractivity contribution in [2.45, 2.75) is 25.9 Å². The van der Waals surface area contributed by atoms with Crippen LogP contribution in [0.5, 0.6) is 5.75 Å². The van der Waals surface area contributed by atoms with Gasteiger partial charge >= 0.3 is 5.97 Å². The van der Waals surface area contributed by atoms with Crippen molar-refractivity contribution in [2.75, 3.05) is 6.61 Å². The summed E-state index contributed by atoms with van der Waals surface area (Å²) in [7, 11) is 0. The van der Waals surface area contributed by atoms with Crippen LogP contribution in [0.3, 0.4) is 0 Å². The summed E-state index contributed by atoms with van der Waals surface area (Å²) in [4.78, 5) is 12.0. The quantitative estimate of drug-likeness (QED) is 0.623. The minimum absolute atomic E-state index is 0.0741. The van der Waals surface area contributed by atoms with Crippen LogP contribution < -0.4 is 4.74 Å². The van der Waals surface area contributed by atoms with Crippen molar-refractivity contribution >= 4 is 16.7 Å². The molecule has 3 rings (SSSR count). The molecule has 3 nitrogen and oxygen atoms in total. The number of benzene rings is 2. The lowest BCUT2D eigenvalue weighted by atomic mass is 9.86. The molecule has 0 amide bonds. The molecule has 0 radical (unpaired) electrons. The molecule has 2 aromatic rings. The SMILES string of the molecule is C#CCOc1ccc2ccccc2c1COC(=O)C1CCC1. The normalized spacial score (nSPS) is 14.1. The molecule has 0 unspecified atom stereocenters. The van der Waals surface area contributed by atoms with Crippen molar-refractivity contribution in [2.24, 2.45) is 5.92 Å². The van der Waals surface area contributed by atoms with E-state index in [1.54, 1.807) is 0 Å². The molecule has 0 aromatic heterocycles. The molecule has 0 atom stereocenters. The molecule has 0 saturated heterocycles. The summed E-state index contributed by atoms with van der Waals surface area (Å²) in [5.41, 5.74) is 0.876. The lowest BCUT2D eigenvalue weighted by Crippen LogP contribution is -2.24. The van der Waals surface area contributed by atoms with E-state index in [9.17, 15) is 4.79 Å². The minimum atomic E-state index is -0.109. The number of fused-ring (bicyclic) bond motifs is 1. The van der Waals surface area contributed by atoms with E-state index in [4.69, 9.17) is 15.9 Å². The Morgan fingerprint density at radius 2 is 2.05 bits per heavy atom. The first-order chi connectivity index (χ1) is 10.8. The fraction of sp³-hybridized carbons (Fsp3) is 0.316. The highest BCUT2D eigenvalue weighted by Crippen LogP contribution is 2.31. The third kappa shape index (κ3) is 2.92. The fourth-order valence-electron chi connectivity index (χ4n) is 2.62. The molecule has 2 aromatic carbocycles. The molecular formula is C19H18O3. The number of hydrogen-bond donors (Lipinski definition) is 0. The van der Waals surface area contributed by atoms with E-state index in [0.717, 1.165) is 35.6 Å². The Kier molecular flexibility index (Phi) is 4.29. The van der Waals surface area contributed by atoms with Gasteiger partial charge in [-0.05, 0) is 29.7 Å². The summed E-state index contributed by atoms with van der Waals surface area (Å²) < 4.78 is 11.1. The van der Waals surface area contributed by atoms with Gasteiger partial charge in [0.2, 0.25) is 0 Å². The first-order valence-corrected chi connectivity index (χ1v) is 7.53. The molecule has 0 bridgehead atoms. The van der Waals surface area contributed by atoms with Crippen molar-refractivity contribution in [1.29, 1.82) is 0 Å². The second-order valence-electron chi connectivity index (χ2n) is 5.49. The Labute approximate surface area is 130 Å². The Morgan fingerprint density at radius 1 is 1.23 bits per heavy atom. The van der Waals surface area contributed by atoms with Gasteiger partial charge in [-0.25, -0.2) is 0 Å². The summed E-state index contributed by atoms with van der Waals surface area (Å²) in [5.74, 6) is 3.11. The molecular weight excluding hydrogens is 276 g/mol. The van der Waals surface area contributed by atoms with E-state index in [1.807, 2.05) is 36.4 Å². The van der Waals surface area contributed by atoms with Crippen LogP contribution >= 0.6 is 0 Å². The molecule has 112 valence electrons. The predicted octanol–water partition coefficient (Wildman–Crippen LogP) is 3.70. The van der Waals surface area contributed by atoms with E-state index in [0.29, 0.717) is 5.75 Å². The van der Waals surface area contributed by atoms with Crippen LogP contribution in [0.25, 0.3) is 10.8 Å². The lowest BCUT2D eigenvalue weighted by Gasteiger charge is -2.23. The van der Waals surface area contributed by atoms with Crippen molar-refractivity contribution in [3.63, 3.8) is 0 Å². The highest BCUT2D eigenvalue weighted by Gasteiger charge is 2.27. The van der Waals surface area contributed by atoms with Crippen LogP contribution in [0.4, 0.5) is 0 Å². The van der Waals surface area contributed by atoms with Crippen LogP contribution in [0.2, 0.25) is 0 Å². The van der Waals surface area contributed by atoms with Crippen LogP contribution in [-0.4, -0.2) is 12.6 Å². The number of esters is 1. The van der Waals surface area contributed by atoms with E-state index >= 15 is 0 Å². The molecule has 1 aliphatic carbocycles. The molecule has 1 fully saturated rings. The zero-order valence-corrected chi connectivity index (χ0v) is 12.4. The highest BCUT2D eigenvalue weighted by molar-refractivity contribution is 5.88. The number of carbonyl (C=O) groups excluding carboxylic acids is 1. The van der Waals surface area contributed by atoms with E-state index in [1.165, 1.54) is 0 Å². The van der Waals surface area contributed by atoms with Gasteiger partial charge in [0.1, 0.15) is 19.0 Å². The largest absolute Gasteiger partial charge is 0.481 e. The van der Waals surface area contributed by atoms with Crippen LogP contribution in [-0.2, 0) is 16.1 Å². The fourth-order valence-corrected chi connectivity index (χ4v) is 2.62. The molecule has 0 heterocycles. The maximum atomic E-state index is 12.0. The second kappa shape index (κ2) is 6.53. The number of rotatable bonds is 5. The zero-order chi connectivity index (χ0) is 15.4. The minimum Gasteiger partial charge on any atom is -0.481 e. The van der Waals surface area contributed by atoms with E-state index in [2.05, 4.69) is 5.92 Å². The van der Waals surface area contributed by atoms with E-state index in [-0.39, 0.29) is 25.1 Å². The lowest BCUT2D eigenvalue weighted by molar-refractivity contribution is -0.152. The van der Waals surface area contributed by atoms with E-state index < -0.39 is 0 Å². The summed E-state index contributed by atoms with van der Waals surface area (Å²) in [6, 6.07) is 11.8. The molecule has 22 heavy (non-hydrogen) atoms. The van der Waals surface area contributed by atoms with Gasteiger partial charge in [0.15, 0.2) is 0 Å². The van der Waals surface area contributed by atoms with Crippen LogP contribution in [0.15, 0.2) is 36.4 Å². The van der Waals surface area contributed by atoms with Crippen LogP contribution in [0.1, 0.15) is 24.8 Å². The van der Waals surface area contributed by atoms with Gasteiger partial charge in [0.25, 0.3) is 0 Å². The van der Waals surface area contributed by atoms with Crippen LogP contribution in [0, 0.1) is 18.3 Å². The van der Waals surface area contributed by atoms with Crippen molar-refractivity contribution in [3.8, 4) is 18.1 Å². The average Bonchev–Trinajstić information content (AvgIpc) is 2.49. The third-order valence-electron chi connectivity index (χ3n) is 4.11. The monoisotopic (exact) mass is 294 g/mol. The number of ether oxygens (including phenoxy) is 2. The molecule has 0 N–H and O–H groups in total. The predicted molar refractivity (Wildman–Crippen MR) is 85.4 cm³/mol. The Morgan fingerprint density at radius 3 is 2.77 bits per heavy atom. The Balaban J connectivity index is 1.86. The molecule has 3 heteroatoms. The van der Waals surface area contributed by atoms with Crippen molar-refractivity contribution in [1.82, 2.24) is 0 Å². The first-order valence-electron chi connectivity index (χ1n) is 7.53. The maximum Gasteiger partial charge on any atom is 0.309 e. The van der Waals surface area contributed by atoms with Gasteiger partial charge in [-0.3, -0.25) is 4.79 Å². The molecule has 0 aliphatic heterocycles. The first kappa shape index (κ1) is 14.5. The topological polar surface area (TPSA) is 35.5 Å². The van der Waals surface area contributed by atoms with Gasteiger partial charge in [-0.2, -0.15) is 0 Å². The average molecular weight is 294 g/mol. The van der Waals surface area contributed by atoms with Gasteiger partial charge in [0, 0.05) is 5.56 Å². The molecule has 1 saturated carbocycles. The summed E-state index contributed by atoms with van der Waals surface area (Å²) in [6.07, 6.45) is 8.26. The van der Waals surface area contributed by atoms with Gasteiger partial charge in [0.05, 0.1) is 5.92 Å². The van der Waals surface area contributed by atoms with Crippen molar-refractivity contribution < 1.29 is 14.3 Å². The summed E-state index contributed by atoms with van der Waals surface area (Å²) in [5, 5.41) is 2.11. The second-order valence-corrected chi connectivity index (χ2v) is 5.49. The number of carbonyl (C=O) groups is 1. The van der Waals surface area contributed by atoms with Gasteiger partial charge < -0.3 is 9.47 Å². The van der Waals surface area contributed by atoms with Gasteiger partial charge in [-0.1, -0.05) is 42.7 Å². The maximum absolute atomic E-state index is 12.0.